The van der Waals surface area contributed by atoms with Crippen LogP contribution in [0.5, 0.6) is 5.75 Å². The molecule has 1 fully saturated rings. The molecule has 2 nitrogen and oxygen atoms in total. The zero-order valence-electron chi connectivity index (χ0n) is 12.3. The van der Waals surface area contributed by atoms with Crippen LogP contribution in [-0.4, -0.2) is 11.7 Å². The van der Waals surface area contributed by atoms with Gasteiger partial charge in [0.25, 0.3) is 0 Å². The first-order valence-electron chi connectivity index (χ1n) is 7.41. The summed E-state index contributed by atoms with van der Waals surface area (Å²) < 4.78 is 12.6. The van der Waals surface area contributed by atoms with E-state index in [-0.39, 0.29) is 11.7 Å². The van der Waals surface area contributed by atoms with E-state index in [1.54, 1.807) is 0 Å². The predicted octanol–water partition coefficient (Wildman–Crippen LogP) is 4.35. The fourth-order valence-corrected chi connectivity index (χ4v) is 3.55. The Morgan fingerprint density at radius 1 is 1.26 bits per heavy atom. The molecule has 0 spiro atoms. The maximum Gasteiger partial charge on any atom is 0.125 e. The first-order chi connectivity index (χ1) is 8.97. The number of ether oxygens (including phenoxy) is 2. The van der Waals surface area contributed by atoms with E-state index in [1.807, 2.05) is 6.07 Å². The molecule has 0 saturated carbocycles. The fraction of sp³-hybridized carbons (Fsp3) is 0.647. The summed E-state index contributed by atoms with van der Waals surface area (Å²) in [6.45, 7) is 8.92. The highest BCUT2D eigenvalue weighted by molar-refractivity contribution is 5.39. The van der Waals surface area contributed by atoms with Crippen molar-refractivity contribution >= 4 is 0 Å². The monoisotopic (exact) mass is 260 g/mol. The summed E-state index contributed by atoms with van der Waals surface area (Å²) in [6, 6.07) is 8.33. The van der Waals surface area contributed by atoms with E-state index < -0.39 is 0 Å². The van der Waals surface area contributed by atoms with Crippen molar-refractivity contribution in [2.75, 3.05) is 0 Å². The van der Waals surface area contributed by atoms with Gasteiger partial charge in [0.15, 0.2) is 0 Å². The Labute approximate surface area is 116 Å². The van der Waals surface area contributed by atoms with Gasteiger partial charge in [0, 0.05) is 11.5 Å². The minimum Gasteiger partial charge on any atom is -0.487 e. The topological polar surface area (TPSA) is 18.5 Å². The molecule has 2 heteroatoms. The lowest BCUT2D eigenvalue weighted by Gasteiger charge is -2.40. The van der Waals surface area contributed by atoms with Gasteiger partial charge in [0.1, 0.15) is 11.4 Å². The van der Waals surface area contributed by atoms with Crippen molar-refractivity contribution in [3.63, 3.8) is 0 Å². The molecule has 2 heterocycles. The van der Waals surface area contributed by atoms with Gasteiger partial charge in [-0.3, -0.25) is 0 Å². The third kappa shape index (κ3) is 2.27. The first-order valence-corrected chi connectivity index (χ1v) is 7.41. The minimum absolute atomic E-state index is 0.134. The van der Waals surface area contributed by atoms with Crippen LogP contribution in [0.25, 0.3) is 0 Å². The van der Waals surface area contributed by atoms with Crippen LogP contribution in [0.15, 0.2) is 24.3 Å². The molecule has 0 radical (unpaired) electrons. The molecule has 3 rings (SSSR count). The summed E-state index contributed by atoms with van der Waals surface area (Å²) in [5.74, 6) is 2.15. The van der Waals surface area contributed by atoms with Crippen LogP contribution in [0.4, 0.5) is 0 Å². The Hall–Kier alpha value is -1.02. The van der Waals surface area contributed by atoms with Crippen LogP contribution < -0.4 is 4.74 Å². The largest absolute Gasteiger partial charge is 0.487 e. The molecule has 0 aromatic heterocycles. The van der Waals surface area contributed by atoms with Crippen molar-refractivity contribution < 1.29 is 9.47 Å². The minimum atomic E-state index is -0.134. The number of para-hydroxylation sites is 1. The van der Waals surface area contributed by atoms with Crippen molar-refractivity contribution in [1.29, 1.82) is 0 Å². The second kappa shape index (κ2) is 4.52. The Morgan fingerprint density at radius 3 is 2.74 bits per heavy atom. The number of rotatable bonds is 2. The van der Waals surface area contributed by atoms with Gasteiger partial charge < -0.3 is 9.47 Å². The highest BCUT2D eigenvalue weighted by Gasteiger charge is 2.49. The molecule has 0 N–H and O–H groups in total. The van der Waals surface area contributed by atoms with Crippen molar-refractivity contribution in [3.8, 4) is 5.75 Å². The average Bonchev–Trinajstić information content (AvgIpc) is 2.72. The van der Waals surface area contributed by atoms with E-state index in [0.29, 0.717) is 17.9 Å². The quantitative estimate of drug-likeness (QED) is 0.787. The van der Waals surface area contributed by atoms with E-state index in [4.69, 9.17) is 9.47 Å². The van der Waals surface area contributed by atoms with Crippen LogP contribution in [-0.2, 0) is 4.74 Å². The number of fused-ring (bicyclic) bond motifs is 3. The van der Waals surface area contributed by atoms with E-state index in [9.17, 15) is 0 Å². The summed E-state index contributed by atoms with van der Waals surface area (Å²) in [5.41, 5.74) is 1.10. The smallest absolute Gasteiger partial charge is 0.125 e. The van der Waals surface area contributed by atoms with E-state index in [1.165, 1.54) is 5.56 Å². The second-order valence-electron chi connectivity index (χ2n) is 6.89. The highest BCUT2D eigenvalue weighted by atomic mass is 16.5. The molecule has 0 aliphatic carbocycles. The zero-order chi connectivity index (χ0) is 13.6. The lowest BCUT2D eigenvalue weighted by atomic mass is 9.78. The van der Waals surface area contributed by atoms with E-state index >= 15 is 0 Å². The second-order valence-corrected chi connectivity index (χ2v) is 6.89. The lowest BCUT2D eigenvalue weighted by Crippen LogP contribution is -2.42. The molecule has 19 heavy (non-hydrogen) atoms. The molecule has 2 aliphatic heterocycles. The molecule has 0 bridgehead atoms. The van der Waals surface area contributed by atoms with Gasteiger partial charge in [-0.25, -0.2) is 0 Å². The maximum absolute atomic E-state index is 6.36. The third-order valence-corrected chi connectivity index (χ3v) is 4.45. The van der Waals surface area contributed by atoms with Crippen LogP contribution in [0.2, 0.25) is 0 Å². The van der Waals surface area contributed by atoms with Gasteiger partial charge in [-0.2, -0.15) is 0 Å². The number of benzene rings is 1. The highest BCUT2D eigenvalue weighted by Crippen LogP contribution is 2.52. The summed E-state index contributed by atoms with van der Waals surface area (Å²) >= 11 is 0. The Bertz CT molecular complexity index is 464. The summed E-state index contributed by atoms with van der Waals surface area (Å²) in [7, 11) is 0. The summed E-state index contributed by atoms with van der Waals surface area (Å²) in [5, 5.41) is 0. The van der Waals surface area contributed by atoms with Gasteiger partial charge in [-0.1, -0.05) is 32.0 Å². The third-order valence-electron chi connectivity index (χ3n) is 4.45. The fourth-order valence-electron chi connectivity index (χ4n) is 3.55. The molecular formula is C17H24O2. The number of hydrogen-bond acceptors (Lipinski definition) is 2. The van der Waals surface area contributed by atoms with Crippen molar-refractivity contribution in [2.24, 2.45) is 11.8 Å². The lowest BCUT2D eigenvalue weighted by molar-refractivity contribution is -0.0439. The molecular weight excluding hydrogens is 236 g/mol. The van der Waals surface area contributed by atoms with Crippen LogP contribution >= 0.6 is 0 Å². The SMILES string of the molecule is CC(C)C[C@@H]1C[C@H]2[C@@H](O1)c1ccccc1OC2(C)C. The van der Waals surface area contributed by atoms with Gasteiger partial charge in [0.05, 0.1) is 12.2 Å². The zero-order valence-corrected chi connectivity index (χ0v) is 12.3. The Morgan fingerprint density at radius 2 is 2.00 bits per heavy atom. The van der Waals surface area contributed by atoms with E-state index in [2.05, 4.69) is 45.9 Å². The van der Waals surface area contributed by atoms with Crippen LogP contribution in [0.3, 0.4) is 0 Å². The molecule has 0 amide bonds. The first kappa shape index (κ1) is 13.0. The molecule has 0 unspecified atom stereocenters. The van der Waals surface area contributed by atoms with Gasteiger partial charge in [-0.15, -0.1) is 0 Å². The molecule has 1 aromatic rings. The normalized spacial score (nSPS) is 31.7. The average molecular weight is 260 g/mol. The van der Waals surface area contributed by atoms with E-state index in [0.717, 1.165) is 18.6 Å². The maximum atomic E-state index is 6.36. The molecule has 104 valence electrons. The van der Waals surface area contributed by atoms with Crippen LogP contribution in [0.1, 0.15) is 52.2 Å². The summed E-state index contributed by atoms with van der Waals surface area (Å²) in [4.78, 5) is 0. The Balaban J connectivity index is 1.91. The van der Waals surface area contributed by atoms with Crippen LogP contribution in [0, 0.1) is 11.8 Å². The van der Waals surface area contributed by atoms with Crippen molar-refractivity contribution in [1.82, 2.24) is 0 Å². The molecule has 1 saturated heterocycles. The predicted molar refractivity (Wildman–Crippen MR) is 76.3 cm³/mol. The van der Waals surface area contributed by atoms with Crippen molar-refractivity contribution in [2.45, 2.75) is 58.3 Å². The Kier molecular flexibility index (Phi) is 3.09. The van der Waals surface area contributed by atoms with Gasteiger partial charge >= 0.3 is 0 Å². The molecule has 3 atom stereocenters. The molecule has 1 aromatic carbocycles. The van der Waals surface area contributed by atoms with Gasteiger partial charge in [-0.05, 0) is 38.7 Å². The number of hydrogen-bond donors (Lipinski definition) is 0. The van der Waals surface area contributed by atoms with Gasteiger partial charge in [0.2, 0.25) is 0 Å². The van der Waals surface area contributed by atoms with Crippen molar-refractivity contribution in [3.05, 3.63) is 29.8 Å². The standard InChI is InChI=1S/C17H24O2/c1-11(2)9-12-10-14-16(18-12)13-7-5-6-8-15(13)19-17(14,3)4/h5-8,11-12,14,16H,9-10H2,1-4H3/t12-,14+,16+/m1/s1. The summed E-state index contributed by atoms with van der Waals surface area (Å²) in [6.07, 6.45) is 2.85. The molecule has 2 aliphatic rings.